The molecule has 0 fully saturated rings. The largest absolute Gasteiger partial charge is 0.309 e. The molecule has 1 atom stereocenters. The summed E-state index contributed by atoms with van der Waals surface area (Å²) < 4.78 is 1.73. The topological polar surface area (TPSA) is 66.5 Å². The van der Waals surface area contributed by atoms with Crippen LogP contribution in [0.3, 0.4) is 0 Å². The maximum absolute atomic E-state index is 8.96. The van der Waals surface area contributed by atoms with Crippen molar-refractivity contribution in [2.24, 2.45) is 0 Å². The van der Waals surface area contributed by atoms with Crippen molar-refractivity contribution in [3.05, 3.63) is 42.2 Å². The van der Waals surface area contributed by atoms with E-state index in [1.807, 2.05) is 12.1 Å². The van der Waals surface area contributed by atoms with E-state index in [2.05, 4.69) is 35.2 Å². The van der Waals surface area contributed by atoms with Gasteiger partial charge in [-0.05, 0) is 25.1 Å². The lowest BCUT2D eigenvalue weighted by Gasteiger charge is -2.15. The molecule has 0 spiro atoms. The third-order valence-corrected chi connectivity index (χ3v) is 3.01. The lowest BCUT2D eigenvalue weighted by molar-refractivity contribution is 0.524. The molecule has 0 aliphatic carbocycles. The van der Waals surface area contributed by atoms with Gasteiger partial charge in [-0.1, -0.05) is 13.8 Å². The van der Waals surface area contributed by atoms with Gasteiger partial charge in [0.05, 0.1) is 17.6 Å². The van der Waals surface area contributed by atoms with E-state index in [1.165, 1.54) is 0 Å². The van der Waals surface area contributed by atoms with Gasteiger partial charge in [-0.25, -0.2) is 4.98 Å². The highest BCUT2D eigenvalue weighted by molar-refractivity contribution is 5.34. The molecule has 19 heavy (non-hydrogen) atoms. The summed E-state index contributed by atoms with van der Waals surface area (Å²) in [7, 11) is 0. The smallest absolute Gasteiger partial charge is 0.217 e. The third-order valence-electron chi connectivity index (χ3n) is 3.01. The first-order valence-corrected chi connectivity index (χ1v) is 6.43. The minimum absolute atomic E-state index is 0.275. The van der Waals surface area contributed by atoms with E-state index in [0.717, 1.165) is 24.3 Å². The Morgan fingerprint density at radius 2 is 2.21 bits per heavy atom. The molecule has 2 heterocycles. The lowest BCUT2D eigenvalue weighted by Crippen LogP contribution is -2.21. The number of rotatable bonds is 5. The van der Waals surface area contributed by atoms with Crippen molar-refractivity contribution in [2.45, 2.75) is 26.3 Å². The standard InChI is InChI=1S/C14H17N5/c1-3-12(16-4-2)13-6-5-11(10-18-13)19-8-7-17-14(19)9-15/h5-8,10,12,16H,3-4H2,1-2H3. The Morgan fingerprint density at radius 3 is 2.79 bits per heavy atom. The zero-order valence-corrected chi connectivity index (χ0v) is 11.2. The molecular formula is C14H17N5. The van der Waals surface area contributed by atoms with Gasteiger partial charge in [-0.2, -0.15) is 5.26 Å². The fraction of sp³-hybridized carbons (Fsp3) is 0.357. The molecule has 0 saturated carbocycles. The quantitative estimate of drug-likeness (QED) is 0.889. The number of nitriles is 1. The summed E-state index contributed by atoms with van der Waals surface area (Å²) in [6.45, 7) is 5.14. The highest BCUT2D eigenvalue weighted by Gasteiger charge is 2.10. The molecule has 5 heteroatoms. The summed E-state index contributed by atoms with van der Waals surface area (Å²) in [4.78, 5) is 8.46. The summed E-state index contributed by atoms with van der Waals surface area (Å²) in [5, 5.41) is 12.3. The van der Waals surface area contributed by atoms with Crippen molar-refractivity contribution >= 4 is 0 Å². The van der Waals surface area contributed by atoms with Gasteiger partial charge in [-0.15, -0.1) is 0 Å². The van der Waals surface area contributed by atoms with E-state index < -0.39 is 0 Å². The predicted molar refractivity (Wildman–Crippen MR) is 72.8 cm³/mol. The van der Waals surface area contributed by atoms with Crippen LogP contribution in [0.4, 0.5) is 0 Å². The van der Waals surface area contributed by atoms with Crippen LogP contribution in [0, 0.1) is 11.3 Å². The number of hydrogen-bond acceptors (Lipinski definition) is 4. The van der Waals surface area contributed by atoms with E-state index in [9.17, 15) is 0 Å². The van der Waals surface area contributed by atoms with Gasteiger partial charge >= 0.3 is 0 Å². The first kappa shape index (κ1) is 13.2. The molecule has 2 aromatic heterocycles. The van der Waals surface area contributed by atoms with E-state index in [0.29, 0.717) is 5.82 Å². The van der Waals surface area contributed by atoms with Crippen molar-refractivity contribution in [2.75, 3.05) is 6.54 Å². The predicted octanol–water partition coefficient (Wildman–Crippen LogP) is 2.20. The van der Waals surface area contributed by atoms with Crippen LogP contribution in [0.5, 0.6) is 0 Å². The van der Waals surface area contributed by atoms with Gasteiger partial charge < -0.3 is 5.32 Å². The minimum atomic E-state index is 0.275. The summed E-state index contributed by atoms with van der Waals surface area (Å²) in [6, 6.07) is 6.29. The fourth-order valence-corrected chi connectivity index (χ4v) is 2.05. The average molecular weight is 255 g/mol. The van der Waals surface area contributed by atoms with Gasteiger partial charge in [0.15, 0.2) is 0 Å². The van der Waals surface area contributed by atoms with Crippen LogP contribution >= 0.6 is 0 Å². The molecule has 1 N–H and O–H groups in total. The van der Waals surface area contributed by atoms with Crippen LogP contribution < -0.4 is 5.32 Å². The summed E-state index contributed by atoms with van der Waals surface area (Å²) in [6.07, 6.45) is 6.14. The fourth-order valence-electron chi connectivity index (χ4n) is 2.05. The minimum Gasteiger partial charge on any atom is -0.309 e. The Balaban J connectivity index is 2.26. The van der Waals surface area contributed by atoms with Gasteiger partial charge in [0.1, 0.15) is 6.07 Å². The SMILES string of the molecule is CCNC(CC)c1ccc(-n2ccnc2C#N)cn1. The Hall–Kier alpha value is -2.19. The molecule has 0 aliphatic rings. The molecule has 0 bridgehead atoms. The van der Waals surface area contributed by atoms with Crippen molar-refractivity contribution in [1.29, 1.82) is 5.26 Å². The second-order valence-electron chi connectivity index (χ2n) is 4.19. The molecule has 0 amide bonds. The van der Waals surface area contributed by atoms with Crippen LogP contribution in [0.25, 0.3) is 5.69 Å². The Bertz CT molecular complexity index is 564. The number of imidazole rings is 1. The molecule has 0 saturated heterocycles. The van der Waals surface area contributed by atoms with Crippen LogP contribution in [0.15, 0.2) is 30.7 Å². The van der Waals surface area contributed by atoms with Gasteiger partial charge in [0.25, 0.3) is 0 Å². The maximum atomic E-state index is 8.96. The monoisotopic (exact) mass is 255 g/mol. The Kier molecular flexibility index (Phi) is 4.26. The number of nitrogens with one attached hydrogen (secondary N) is 1. The van der Waals surface area contributed by atoms with E-state index >= 15 is 0 Å². The Morgan fingerprint density at radius 1 is 1.37 bits per heavy atom. The number of pyridine rings is 1. The highest BCUT2D eigenvalue weighted by atomic mass is 15.1. The molecule has 1 unspecified atom stereocenters. The highest BCUT2D eigenvalue weighted by Crippen LogP contribution is 2.16. The van der Waals surface area contributed by atoms with Crippen LogP contribution in [-0.2, 0) is 0 Å². The average Bonchev–Trinajstić information content (AvgIpc) is 2.93. The maximum Gasteiger partial charge on any atom is 0.217 e. The first-order valence-electron chi connectivity index (χ1n) is 6.43. The lowest BCUT2D eigenvalue weighted by atomic mass is 10.1. The van der Waals surface area contributed by atoms with Gasteiger partial charge in [0.2, 0.25) is 5.82 Å². The van der Waals surface area contributed by atoms with Crippen LogP contribution in [-0.4, -0.2) is 21.1 Å². The van der Waals surface area contributed by atoms with Crippen molar-refractivity contribution < 1.29 is 0 Å². The molecule has 2 aromatic rings. The van der Waals surface area contributed by atoms with E-state index in [4.69, 9.17) is 5.26 Å². The molecule has 0 radical (unpaired) electrons. The molecule has 0 aromatic carbocycles. The molecular weight excluding hydrogens is 238 g/mol. The number of aromatic nitrogens is 3. The third kappa shape index (κ3) is 2.80. The van der Waals surface area contributed by atoms with Gasteiger partial charge in [-0.3, -0.25) is 9.55 Å². The molecule has 98 valence electrons. The first-order chi connectivity index (χ1) is 9.30. The van der Waals surface area contributed by atoms with E-state index in [1.54, 1.807) is 23.2 Å². The van der Waals surface area contributed by atoms with Crippen molar-refractivity contribution in [3.63, 3.8) is 0 Å². The van der Waals surface area contributed by atoms with Crippen molar-refractivity contribution in [3.8, 4) is 11.8 Å². The molecule has 5 nitrogen and oxygen atoms in total. The Labute approximate surface area is 112 Å². The van der Waals surface area contributed by atoms with Crippen LogP contribution in [0.2, 0.25) is 0 Å². The second-order valence-corrected chi connectivity index (χ2v) is 4.19. The zero-order chi connectivity index (χ0) is 13.7. The van der Waals surface area contributed by atoms with Crippen LogP contribution in [0.1, 0.15) is 37.8 Å². The molecule has 2 rings (SSSR count). The summed E-state index contributed by atoms with van der Waals surface area (Å²) in [5.74, 6) is 0.369. The molecule has 0 aliphatic heterocycles. The number of hydrogen-bond donors (Lipinski definition) is 1. The van der Waals surface area contributed by atoms with Crippen molar-refractivity contribution in [1.82, 2.24) is 19.9 Å². The zero-order valence-electron chi connectivity index (χ0n) is 11.2. The van der Waals surface area contributed by atoms with E-state index in [-0.39, 0.29) is 6.04 Å². The summed E-state index contributed by atoms with van der Waals surface area (Å²) in [5.41, 5.74) is 1.87. The summed E-state index contributed by atoms with van der Waals surface area (Å²) >= 11 is 0. The second kappa shape index (κ2) is 6.12. The van der Waals surface area contributed by atoms with Gasteiger partial charge in [0, 0.05) is 18.4 Å². The normalized spacial score (nSPS) is 12.1. The number of nitrogens with zero attached hydrogens (tertiary/aromatic N) is 4.